The summed E-state index contributed by atoms with van der Waals surface area (Å²) in [6, 6.07) is 14.7. The van der Waals surface area contributed by atoms with Crippen molar-refractivity contribution in [1.29, 1.82) is 0 Å². The third-order valence-electron chi connectivity index (χ3n) is 7.21. The molecule has 2 aromatic heterocycles. The van der Waals surface area contributed by atoms with Crippen molar-refractivity contribution in [1.82, 2.24) is 14.1 Å². The molecule has 0 spiro atoms. The van der Waals surface area contributed by atoms with Crippen LogP contribution in [0.2, 0.25) is 5.02 Å². The Balaban J connectivity index is 1.67. The summed E-state index contributed by atoms with van der Waals surface area (Å²) in [7, 11) is 4.35. The number of methoxy groups -OCH3 is 3. The molecular weight excluding hydrogens is 614 g/mol. The zero-order valence-corrected chi connectivity index (χ0v) is 26.8. The third kappa shape index (κ3) is 8.08. The number of nitrogens with one attached hydrogen (secondary N) is 2. The number of hydrogen-bond acceptors (Lipinski definition) is 8. The van der Waals surface area contributed by atoms with Crippen molar-refractivity contribution in [3.63, 3.8) is 0 Å². The Labute approximate surface area is 270 Å². The van der Waals surface area contributed by atoms with Crippen molar-refractivity contribution in [3.8, 4) is 16.9 Å². The van der Waals surface area contributed by atoms with Gasteiger partial charge in [0.25, 0.3) is 5.56 Å². The van der Waals surface area contributed by atoms with Crippen LogP contribution in [-0.4, -0.2) is 60.5 Å². The number of carbonyl (C=O) groups is 2. The van der Waals surface area contributed by atoms with Gasteiger partial charge in [0.2, 0.25) is 11.8 Å². The second kappa shape index (κ2) is 16.0. The predicted molar refractivity (Wildman–Crippen MR) is 176 cm³/mol. The molecule has 4 aromatic rings. The number of rotatable bonds is 14. The number of nitrogens with zero attached hydrogens (tertiary/aromatic N) is 3. The molecule has 2 amide bonds. The first kappa shape index (κ1) is 34.1. The smallest absolute Gasteiger partial charge is 0.331 e. The molecule has 2 N–H and O–H groups in total. The van der Waals surface area contributed by atoms with Crippen LogP contribution < -0.4 is 26.6 Å². The summed E-state index contributed by atoms with van der Waals surface area (Å²) in [5, 5.41) is 5.75. The fourth-order valence-electron chi connectivity index (χ4n) is 5.06. The van der Waals surface area contributed by atoms with E-state index in [1.807, 2.05) is 13.0 Å². The fraction of sp³-hybridized carbons (Fsp3) is 0.303. The lowest BCUT2D eigenvalue weighted by Crippen LogP contribution is -2.46. The number of anilines is 2. The molecule has 0 aliphatic heterocycles. The summed E-state index contributed by atoms with van der Waals surface area (Å²) in [6.07, 6.45) is 3.64. The first-order valence-corrected chi connectivity index (χ1v) is 14.9. The molecular formula is C33H36ClN5O7. The lowest BCUT2D eigenvalue weighted by atomic mass is 10.0. The van der Waals surface area contributed by atoms with Gasteiger partial charge in [0.1, 0.15) is 18.1 Å². The summed E-state index contributed by atoms with van der Waals surface area (Å²) in [6.45, 7) is 1.56. The van der Waals surface area contributed by atoms with Crippen LogP contribution in [0.1, 0.15) is 24.1 Å². The van der Waals surface area contributed by atoms with Crippen LogP contribution in [-0.2, 0) is 38.4 Å². The SMILES string of the molecule is CCc1ccc(NC(=O)Cn2cc(-c3cccc(OC)c3Cl)c(=O)n(C(COC)COC)c2=O)cc1CC(=O)Nc1ccccn1. The van der Waals surface area contributed by atoms with E-state index in [-0.39, 0.29) is 36.1 Å². The zero-order valence-electron chi connectivity index (χ0n) is 26.0. The molecule has 12 nitrogen and oxygen atoms in total. The second-order valence-corrected chi connectivity index (χ2v) is 10.7. The predicted octanol–water partition coefficient (Wildman–Crippen LogP) is 3.95. The highest BCUT2D eigenvalue weighted by Gasteiger charge is 2.23. The van der Waals surface area contributed by atoms with Crippen LogP contribution in [0.5, 0.6) is 5.75 Å². The first-order valence-electron chi connectivity index (χ1n) is 14.5. The topological polar surface area (TPSA) is 143 Å². The van der Waals surface area contributed by atoms with E-state index in [4.69, 9.17) is 25.8 Å². The molecule has 0 fully saturated rings. The summed E-state index contributed by atoms with van der Waals surface area (Å²) >= 11 is 6.57. The average Bonchev–Trinajstić information content (AvgIpc) is 3.03. The Morgan fingerprint density at radius 3 is 2.33 bits per heavy atom. The largest absolute Gasteiger partial charge is 0.495 e. The normalized spacial score (nSPS) is 11.0. The van der Waals surface area contributed by atoms with Crippen LogP contribution in [0.4, 0.5) is 11.5 Å². The number of ether oxygens (including phenoxy) is 3. The molecule has 0 saturated carbocycles. The number of amides is 2. The van der Waals surface area contributed by atoms with Gasteiger partial charge in [0, 0.05) is 37.9 Å². The number of carbonyl (C=O) groups excluding carboxylic acids is 2. The van der Waals surface area contributed by atoms with Crippen LogP contribution in [0.25, 0.3) is 11.1 Å². The quantitative estimate of drug-likeness (QED) is 0.209. The lowest BCUT2D eigenvalue weighted by Gasteiger charge is -2.21. The Kier molecular flexibility index (Phi) is 11.8. The summed E-state index contributed by atoms with van der Waals surface area (Å²) < 4.78 is 18.0. The van der Waals surface area contributed by atoms with E-state index in [9.17, 15) is 19.2 Å². The highest BCUT2D eigenvalue weighted by Crippen LogP contribution is 2.33. The molecule has 242 valence electrons. The Morgan fingerprint density at radius 2 is 1.67 bits per heavy atom. The molecule has 0 radical (unpaired) electrons. The van der Waals surface area contributed by atoms with E-state index < -0.39 is 29.7 Å². The number of aryl methyl sites for hydroxylation is 1. The number of aromatic nitrogens is 3. The van der Waals surface area contributed by atoms with Gasteiger partial charge < -0.3 is 24.8 Å². The van der Waals surface area contributed by atoms with Gasteiger partial charge in [-0.25, -0.2) is 9.78 Å². The molecule has 4 rings (SSSR count). The minimum atomic E-state index is -0.782. The lowest BCUT2D eigenvalue weighted by molar-refractivity contribution is -0.117. The van der Waals surface area contributed by atoms with Crippen molar-refractivity contribution in [2.75, 3.05) is 45.2 Å². The van der Waals surface area contributed by atoms with Crippen molar-refractivity contribution < 1.29 is 23.8 Å². The summed E-state index contributed by atoms with van der Waals surface area (Å²) in [5.74, 6) is -0.00476. The van der Waals surface area contributed by atoms with E-state index in [1.165, 1.54) is 27.5 Å². The maximum absolute atomic E-state index is 13.8. The van der Waals surface area contributed by atoms with Crippen molar-refractivity contribution in [2.24, 2.45) is 0 Å². The highest BCUT2D eigenvalue weighted by atomic mass is 35.5. The molecule has 46 heavy (non-hydrogen) atoms. The Bertz CT molecular complexity index is 1800. The maximum atomic E-state index is 13.8. The van der Waals surface area contributed by atoms with E-state index in [2.05, 4.69) is 15.6 Å². The molecule has 0 unspecified atom stereocenters. The zero-order chi connectivity index (χ0) is 33.2. The van der Waals surface area contributed by atoms with E-state index in [0.717, 1.165) is 20.3 Å². The molecule has 0 atom stereocenters. The minimum Gasteiger partial charge on any atom is -0.495 e. The van der Waals surface area contributed by atoms with E-state index >= 15 is 0 Å². The Morgan fingerprint density at radius 1 is 0.913 bits per heavy atom. The standard InChI is InChI=1S/C33H36ClN5O7/c1-5-21-12-13-23(15-22(21)16-29(40)37-28-11-6-7-14-35-28)36-30(41)18-38-17-26(25-9-8-10-27(46-4)31(25)34)32(42)39(33(38)43)24(19-44-2)20-45-3/h6-15,17,24H,5,16,18-20H2,1-4H3,(H,36,41)(H,35,37,40). The number of pyridine rings is 1. The van der Waals surface area contributed by atoms with Gasteiger partial charge in [-0.15, -0.1) is 0 Å². The monoisotopic (exact) mass is 649 g/mol. The molecule has 0 aliphatic carbocycles. The van der Waals surface area contributed by atoms with Crippen LogP contribution in [0, 0.1) is 0 Å². The fourth-order valence-corrected chi connectivity index (χ4v) is 5.37. The molecule has 2 aromatic carbocycles. The van der Waals surface area contributed by atoms with Crippen LogP contribution in [0.15, 0.2) is 76.6 Å². The average molecular weight is 650 g/mol. The molecule has 13 heteroatoms. The molecule has 0 saturated heterocycles. The highest BCUT2D eigenvalue weighted by molar-refractivity contribution is 6.34. The maximum Gasteiger partial charge on any atom is 0.331 e. The number of hydrogen-bond donors (Lipinski definition) is 2. The first-order chi connectivity index (χ1) is 22.2. The van der Waals surface area contributed by atoms with E-state index in [0.29, 0.717) is 29.2 Å². The Hall–Kier alpha value is -4.78. The van der Waals surface area contributed by atoms with Crippen LogP contribution in [0.3, 0.4) is 0 Å². The van der Waals surface area contributed by atoms with Gasteiger partial charge in [-0.3, -0.25) is 23.5 Å². The number of benzene rings is 2. The van der Waals surface area contributed by atoms with Gasteiger partial charge in [-0.1, -0.05) is 42.8 Å². The van der Waals surface area contributed by atoms with Gasteiger partial charge in [0.05, 0.1) is 43.4 Å². The number of halogens is 1. The van der Waals surface area contributed by atoms with Crippen molar-refractivity contribution >= 4 is 34.9 Å². The van der Waals surface area contributed by atoms with Crippen molar-refractivity contribution in [2.45, 2.75) is 32.4 Å². The van der Waals surface area contributed by atoms with Gasteiger partial charge >= 0.3 is 5.69 Å². The summed E-state index contributed by atoms with van der Waals surface area (Å²) in [4.78, 5) is 57.7. The van der Waals surface area contributed by atoms with Gasteiger partial charge in [-0.2, -0.15) is 0 Å². The van der Waals surface area contributed by atoms with Crippen LogP contribution >= 0.6 is 11.6 Å². The molecule has 0 aliphatic rings. The summed E-state index contributed by atoms with van der Waals surface area (Å²) in [5.41, 5.74) is 1.18. The molecule has 2 heterocycles. The van der Waals surface area contributed by atoms with E-state index in [1.54, 1.807) is 54.7 Å². The molecule has 0 bridgehead atoms. The third-order valence-corrected chi connectivity index (χ3v) is 7.60. The van der Waals surface area contributed by atoms with Crippen molar-refractivity contribution in [3.05, 3.63) is 104 Å². The van der Waals surface area contributed by atoms with Gasteiger partial charge in [-0.05, 0) is 47.9 Å². The second-order valence-electron chi connectivity index (χ2n) is 10.3. The minimum absolute atomic E-state index is 0.00491. The van der Waals surface area contributed by atoms with Gasteiger partial charge in [0.15, 0.2) is 0 Å².